The van der Waals surface area contributed by atoms with Gasteiger partial charge in [0.1, 0.15) is 18.4 Å². The van der Waals surface area contributed by atoms with Gasteiger partial charge in [-0.15, -0.1) is 11.3 Å². The Kier molecular flexibility index (Phi) is 6.76. The lowest BCUT2D eigenvalue weighted by atomic mass is 9.82. The van der Waals surface area contributed by atoms with E-state index >= 15 is 8.78 Å². The lowest BCUT2D eigenvalue weighted by Crippen LogP contribution is -2.54. The molecular weight excluding hydrogens is 510 g/mol. The average molecular weight is 541 g/mol. The van der Waals surface area contributed by atoms with Crippen LogP contribution in [0.25, 0.3) is 21.5 Å². The Bertz CT molecular complexity index is 1460. The number of rotatable bonds is 8. The van der Waals surface area contributed by atoms with Crippen molar-refractivity contribution < 1.29 is 18.3 Å². The van der Waals surface area contributed by atoms with Crippen LogP contribution in [0.2, 0.25) is 25.7 Å². The summed E-state index contributed by atoms with van der Waals surface area (Å²) in [6.07, 6.45) is 3.32. The first-order chi connectivity index (χ1) is 17.5. The first-order valence-corrected chi connectivity index (χ1v) is 16.8. The van der Waals surface area contributed by atoms with Crippen molar-refractivity contribution in [3.8, 4) is 10.4 Å². The van der Waals surface area contributed by atoms with Gasteiger partial charge in [-0.25, -0.2) is 18.7 Å². The molecule has 6 nitrogen and oxygen atoms in total. The molecule has 37 heavy (non-hydrogen) atoms. The van der Waals surface area contributed by atoms with Crippen LogP contribution < -0.4 is 4.90 Å². The van der Waals surface area contributed by atoms with Gasteiger partial charge in [-0.3, -0.25) is 4.79 Å². The fraction of sp³-hybridized carbons (Fsp3) is 0.370. The second-order valence-electron chi connectivity index (χ2n) is 10.8. The van der Waals surface area contributed by atoms with Gasteiger partial charge >= 0.3 is 0 Å². The zero-order chi connectivity index (χ0) is 26.5. The van der Waals surface area contributed by atoms with E-state index in [1.807, 2.05) is 17.6 Å². The molecule has 0 bridgehead atoms. The molecule has 0 aliphatic carbocycles. The van der Waals surface area contributed by atoms with Crippen LogP contribution in [0.5, 0.6) is 0 Å². The monoisotopic (exact) mass is 540 g/mol. The number of fused-ring (bicyclic) bond motifs is 1. The fourth-order valence-corrected chi connectivity index (χ4v) is 6.17. The molecule has 1 aliphatic rings. The van der Waals surface area contributed by atoms with E-state index in [9.17, 15) is 4.79 Å². The predicted octanol–water partition coefficient (Wildman–Crippen LogP) is 6.78. The largest absolute Gasteiger partial charge is 0.361 e. The van der Waals surface area contributed by atoms with Gasteiger partial charge in [-0.2, -0.15) is 0 Å². The number of benzene rings is 2. The summed E-state index contributed by atoms with van der Waals surface area (Å²) < 4.78 is 38.4. The number of carbonyl (C=O) groups is 1. The molecule has 1 saturated heterocycles. The Balaban J connectivity index is 1.40. The molecule has 1 amide bonds. The summed E-state index contributed by atoms with van der Waals surface area (Å²) in [6, 6.07) is 8.44. The number of imidazole rings is 1. The van der Waals surface area contributed by atoms with Crippen LogP contribution in [-0.4, -0.2) is 35.1 Å². The zero-order valence-corrected chi connectivity index (χ0v) is 23.4. The summed E-state index contributed by atoms with van der Waals surface area (Å²) in [4.78, 5) is 23.7. The van der Waals surface area contributed by atoms with Crippen molar-refractivity contribution in [2.75, 3.05) is 11.5 Å². The van der Waals surface area contributed by atoms with Gasteiger partial charge in [0, 0.05) is 32.1 Å². The van der Waals surface area contributed by atoms with E-state index in [1.165, 1.54) is 28.4 Å². The second-order valence-corrected chi connectivity index (χ2v) is 17.6. The van der Waals surface area contributed by atoms with E-state index in [0.717, 1.165) is 16.6 Å². The highest BCUT2D eigenvalue weighted by Gasteiger charge is 2.48. The molecule has 1 aliphatic heterocycles. The Morgan fingerprint density at radius 2 is 1.84 bits per heavy atom. The number of carbonyl (C=O) groups excluding carboxylic acids is 1. The Morgan fingerprint density at radius 1 is 1.11 bits per heavy atom. The number of β-lactam (4-membered cyclic amide) rings is 1. The number of aromatic nitrogens is 3. The molecule has 2 unspecified atom stereocenters. The van der Waals surface area contributed by atoms with E-state index in [0.29, 0.717) is 35.0 Å². The Hall–Kier alpha value is -2.95. The first kappa shape index (κ1) is 25.7. The number of halogens is 2. The van der Waals surface area contributed by atoms with Crippen molar-refractivity contribution in [3.63, 3.8) is 0 Å². The van der Waals surface area contributed by atoms with Crippen molar-refractivity contribution in [2.45, 2.75) is 52.3 Å². The van der Waals surface area contributed by atoms with Gasteiger partial charge in [0.15, 0.2) is 0 Å². The molecule has 4 aromatic rings. The number of amides is 1. The smallest absolute Gasteiger partial charge is 0.232 e. The molecule has 0 N–H and O–H groups in total. The first-order valence-electron chi connectivity index (χ1n) is 12.3. The van der Waals surface area contributed by atoms with Gasteiger partial charge in [-0.05, 0) is 48.9 Å². The molecule has 1 fully saturated rings. The average Bonchev–Trinajstić information content (AvgIpc) is 3.45. The molecule has 2 atom stereocenters. The summed E-state index contributed by atoms with van der Waals surface area (Å²) in [5.41, 5.74) is 2.46. The minimum absolute atomic E-state index is 0.0986. The quantitative estimate of drug-likeness (QED) is 0.140. The number of thiazole rings is 1. The van der Waals surface area contributed by atoms with Crippen molar-refractivity contribution in [1.29, 1.82) is 0 Å². The SMILES string of the molecule is Cc1ncc(-c2cc(F)c(C3C(C)C(=O)N3c3ccc4c(c3)ncn4COCC[Si](C)(C)C)c(F)c2)s1. The highest BCUT2D eigenvalue weighted by Crippen LogP contribution is 2.46. The van der Waals surface area contributed by atoms with E-state index in [4.69, 9.17) is 4.74 Å². The van der Waals surface area contributed by atoms with Crippen LogP contribution in [0.4, 0.5) is 14.5 Å². The van der Waals surface area contributed by atoms with E-state index in [1.54, 1.807) is 31.6 Å². The molecule has 5 rings (SSSR count). The second kappa shape index (κ2) is 9.73. The molecule has 0 radical (unpaired) electrons. The van der Waals surface area contributed by atoms with Crippen LogP contribution in [0.15, 0.2) is 42.9 Å². The van der Waals surface area contributed by atoms with E-state index in [-0.39, 0.29) is 11.5 Å². The van der Waals surface area contributed by atoms with Gasteiger partial charge in [-0.1, -0.05) is 26.6 Å². The highest BCUT2D eigenvalue weighted by molar-refractivity contribution is 7.15. The minimum atomic E-state index is -1.17. The van der Waals surface area contributed by atoms with Gasteiger partial charge in [0.2, 0.25) is 5.91 Å². The topological polar surface area (TPSA) is 60.2 Å². The maximum absolute atomic E-state index is 15.3. The number of anilines is 1. The molecule has 0 saturated carbocycles. The molecule has 0 spiro atoms. The number of nitrogens with zero attached hydrogens (tertiary/aromatic N) is 4. The van der Waals surface area contributed by atoms with Crippen LogP contribution in [-0.2, 0) is 16.3 Å². The third-order valence-electron chi connectivity index (χ3n) is 6.77. The van der Waals surface area contributed by atoms with E-state index < -0.39 is 31.7 Å². The normalized spacial score (nSPS) is 18.0. The van der Waals surface area contributed by atoms with Crippen molar-refractivity contribution >= 4 is 42.0 Å². The molecule has 10 heteroatoms. The highest BCUT2D eigenvalue weighted by atomic mass is 32.1. The molecule has 2 aromatic heterocycles. The third-order valence-corrected chi connectivity index (χ3v) is 9.43. The maximum atomic E-state index is 15.3. The Morgan fingerprint density at radius 3 is 2.49 bits per heavy atom. The lowest BCUT2D eigenvalue weighted by molar-refractivity contribution is -0.129. The van der Waals surface area contributed by atoms with Crippen molar-refractivity contribution in [3.05, 3.63) is 65.1 Å². The molecular formula is C27H30F2N4O2SSi. The van der Waals surface area contributed by atoms with Crippen LogP contribution in [0.1, 0.15) is 23.5 Å². The third kappa shape index (κ3) is 4.97. The molecule has 3 heterocycles. The summed E-state index contributed by atoms with van der Waals surface area (Å²) in [5, 5.41) is 0.820. The summed E-state index contributed by atoms with van der Waals surface area (Å²) in [5.74, 6) is -2.07. The van der Waals surface area contributed by atoms with Crippen LogP contribution >= 0.6 is 11.3 Å². The Labute approximate surface area is 219 Å². The summed E-state index contributed by atoms with van der Waals surface area (Å²) in [6.45, 7) is 11.6. The number of aryl methyl sites for hydroxylation is 1. The number of ether oxygens (including phenoxy) is 1. The van der Waals surface area contributed by atoms with Gasteiger partial charge in [0.25, 0.3) is 0 Å². The van der Waals surface area contributed by atoms with Crippen LogP contribution in [0, 0.1) is 24.5 Å². The minimum Gasteiger partial charge on any atom is -0.361 e. The van der Waals surface area contributed by atoms with E-state index in [2.05, 4.69) is 29.6 Å². The zero-order valence-electron chi connectivity index (χ0n) is 21.6. The van der Waals surface area contributed by atoms with Gasteiger partial charge < -0.3 is 14.2 Å². The number of hydrogen-bond donors (Lipinski definition) is 0. The predicted molar refractivity (Wildman–Crippen MR) is 145 cm³/mol. The van der Waals surface area contributed by atoms with Gasteiger partial charge in [0.05, 0.1) is 39.2 Å². The maximum Gasteiger partial charge on any atom is 0.232 e. The fourth-order valence-electron chi connectivity index (χ4n) is 4.65. The molecule has 2 aromatic carbocycles. The number of hydrogen-bond acceptors (Lipinski definition) is 5. The molecule has 194 valence electrons. The standard InChI is InChI=1S/C27H30F2N4O2SSi/c1-16-26(25-20(28)10-18(11-21(25)29)24-13-30-17(2)36-24)33(27(16)34)19-6-7-23-22(12-19)31-14-32(23)15-35-8-9-37(3,4)5/h6-7,10-14,16,26H,8-9,15H2,1-5H3. The summed E-state index contributed by atoms with van der Waals surface area (Å²) in [7, 11) is -1.17. The van der Waals surface area contributed by atoms with Crippen molar-refractivity contribution in [2.24, 2.45) is 5.92 Å². The van der Waals surface area contributed by atoms with Crippen LogP contribution in [0.3, 0.4) is 0 Å². The summed E-state index contributed by atoms with van der Waals surface area (Å²) >= 11 is 1.38. The lowest BCUT2D eigenvalue weighted by Gasteiger charge is -2.46. The van der Waals surface area contributed by atoms with Crippen molar-refractivity contribution in [1.82, 2.24) is 14.5 Å².